The Balaban J connectivity index is 1.54. The number of carbonyl (C=O) groups excluding carboxylic acids is 2. The van der Waals surface area contributed by atoms with Gasteiger partial charge in [-0.15, -0.1) is 0 Å². The molecule has 0 aliphatic carbocycles. The number of benzene rings is 2. The van der Waals surface area contributed by atoms with Crippen LogP contribution in [0, 0.1) is 12.8 Å². The number of amides is 2. The third kappa shape index (κ3) is 4.59. The Morgan fingerprint density at radius 3 is 2.50 bits per heavy atom. The predicted molar refractivity (Wildman–Crippen MR) is 125 cm³/mol. The summed E-state index contributed by atoms with van der Waals surface area (Å²) in [5, 5.41) is 4.12. The van der Waals surface area contributed by atoms with E-state index in [2.05, 4.69) is 60.6 Å². The van der Waals surface area contributed by atoms with Crippen molar-refractivity contribution in [1.82, 2.24) is 19.6 Å². The summed E-state index contributed by atoms with van der Waals surface area (Å²) in [7, 11) is 1.77. The van der Waals surface area contributed by atoms with Gasteiger partial charge in [0, 0.05) is 39.4 Å². The highest BCUT2D eigenvalue weighted by Gasteiger charge is 2.32. The summed E-state index contributed by atoms with van der Waals surface area (Å²) in [5.74, 6) is -0.217. The number of rotatable bonds is 5. The van der Waals surface area contributed by atoms with Gasteiger partial charge in [0.05, 0.1) is 5.92 Å². The lowest BCUT2D eigenvalue weighted by Gasteiger charge is -2.23. The first kappa shape index (κ1) is 21.8. The summed E-state index contributed by atoms with van der Waals surface area (Å²) in [6, 6.07) is 18.6. The first-order chi connectivity index (χ1) is 15.5. The van der Waals surface area contributed by atoms with Crippen molar-refractivity contribution in [3.63, 3.8) is 0 Å². The van der Waals surface area contributed by atoms with Gasteiger partial charge in [-0.25, -0.2) is 0 Å². The number of carbonyl (C=O) groups is 2. The average molecular weight is 431 g/mol. The van der Waals surface area contributed by atoms with Crippen LogP contribution in [-0.4, -0.2) is 57.6 Å². The van der Waals surface area contributed by atoms with E-state index >= 15 is 0 Å². The monoisotopic (exact) mass is 430 g/mol. The molecule has 1 atom stereocenters. The Morgan fingerprint density at radius 1 is 1.06 bits per heavy atom. The minimum Gasteiger partial charge on any atom is -0.341 e. The molecule has 1 aliphatic rings. The van der Waals surface area contributed by atoms with Crippen LogP contribution in [0.3, 0.4) is 0 Å². The van der Waals surface area contributed by atoms with Gasteiger partial charge in [-0.3, -0.25) is 14.3 Å². The molecule has 32 heavy (non-hydrogen) atoms. The predicted octanol–water partition coefficient (Wildman–Crippen LogP) is 3.56. The number of nitrogens with zero attached hydrogens (tertiary/aromatic N) is 4. The number of likely N-dealkylation sites (N-methyl/N-ethyl adjacent to an activating group) is 1. The van der Waals surface area contributed by atoms with Gasteiger partial charge in [-0.2, -0.15) is 5.10 Å². The SMILES string of the molecule is CCN1CCN(C(=O)c2ccnn2C)C[C@H](Cc2ccc(-c3cccc(C)c3)cc2)C1=O. The lowest BCUT2D eigenvalue weighted by molar-refractivity contribution is -0.134. The molecule has 2 aromatic carbocycles. The van der Waals surface area contributed by atoms with Crippen LogP contribution in [-0.2, 0) is 18.3 Å². The van der Waals surface area contributed by atoms with Gasteiger partial charge in [0.25, 0.3) is 5.91 Å². The molecule has 4 rings (SSSR count). The van der Waals surface area contributed by atoms with E-state index in [1.165, 1.54) is 11.1 Å². The van der Waals surface area contributed by atoms with Gasteiger partial charge in [-0.05, 0) is 43.0 Å². The topological polar surface area (TPSA) is 58.4 Å². The smallest absolute Gasteiger partial charge is 0.272 e. The summed E-state index contributed by atoms with van der Waals surface area (Å²) in [6.07, 6.45) is 2.24. The maximum Gasteiger partial charge on any atom is 0.272 e. The summed E-state index contributed by atoms with van der Waals surface area (Å²) in [6.45, 7) is 6.24. The minimum absolute atomic E-state index is 0.0736. The van der Waals surface area contributed by atoms with Gasteiger partial charge in [0.2, 0.25) is 5.91 Å². The molecule has 0 unspecified atom stereocenters. The molecule has 1 aromatic heterocycles. The number of hydrogen-bond donors (Lipinski definition) is 0. The fourth-order valence-electron chi connectivity index (χ4n) is 4.38. The molecule has 0 spiro atoms. The number of aryl methyl sites for hydroxylation is 2. The second kappa shape index (κ2) is 9.39. The molecular weight excluding hydrogens is 400 g/mol. The van der Waals surface area contributed by atoms with Crippen molar-refractivity contribution in [2.45, 2.75) is 20.3 Å². The Kier molecular flexibility index (Phi) is 6.40. The van der Waals surface area contributed by atoms with Crippen molar-refractivity contribution in [1.29, 1.82) is 0 Å². The second-order valence-corrected chi connectivity index (χ2v) is 8.48. The van der Waals surface area contributed by atoms with Crippen LogP contribution in [0.15, 0.2) is 60.8 Å². The quantitative estimate of drug-likeness (QED) is 0.622. The molecule has 0 bridgehead atoms. The molecule has 6 nitrogen and oxygen atoms in total. The van der Waals surface area contributed by atoms with Gasteiger partial charge in [0.1, 0.15) is 5.69 Å². The molecule has 2 amide bonds. The molecule has 0 N–H and O–H groups in total. The van der Waals surface area contributed by atoms with Crippen LogP contribution in [0.2, 0.25) is 0 Å². The number of hydrogen-bond acceptors (Lipinski definition) is 3. The van der Waals surface area contributed by atoms with Gasteiger partial charge in [-0.1, -0.05) is 54.1 Å². The molecule has 1 saturated heterocycles. The van der Waals surface area contributed by atoms with E-state index in [1.807, 2.05) is 11.8 Å². The molecule has 0 radical (unpaired) electrons. The lowest BCUT2D eigenvalue weighted by atomic mass is 9.95. The van der Waals surface area contributed by atoms with Crippen LogP contribution in [0.25, 0.3) is 11.1 Å². The third-order valence-corrected chi connectivity index (χ3v) is 6.24. The minimum atomic E-state index is -0.264. The Hall–Kier alpha value is -3.41. The van der Waals surface area contributed by atoms with Crippen molar-refractivity contribution in [2.75, 3.05) is 26.2 Å². The summed E-state index contributed by atoms with van der Waals surface area (Å²) in [4.78, 5) is 30.0. The fraction of sp³-hybridized carbons (Fsp3) is 0.346. The zero-order chi connectivity index (χ0) is 22.7. The van der Waals surface area contributed by atoms with Crippen LogP contribution < -0.4 is 0 Å². The molecule has 3 aromatic rings. The van der Waals surface area contributed by atoms with E-state index in [0.29, 0.717) is 38.3 Å². The van der Waals surface area contributed by atoms with Crippen molar-refractivity contribution < 1.29 is 9.59 Å². The van der Waals surface area contributed by atoms with Crippen molar-refractivity contribution in [2.24, 2.45) is 13.0 Å². The lowest BCUT2D eigenvalue weighted by Crippen LogP contribution is -2.38. The van der Waals surface area contributed by atoms with E-state index in [-0.39, 0.29) is 17.7 Å². The second-order valence-electron chi connectivity index (χ2n) is 8.48. The van der Waals surface area contributed by atoms with Gasteiger partial charge in [0.15, 0.2) is 0 Å². The van der Waals surface area contributed by atoms with Crippen LogP contribution in [0.1, 0.15) is 28.5 Å². The van der Waals surface area contributed by atoms with Crippen molar-refractivity contribution in [3.8, 4) is 11.1 Å². The van der Waals surface area contributed by atoms with E-state index < -0.39 is 0 Å². The molecule has 6 heteroatoms. The molecule has 0 saturated carbocycles. The maximum absolute atomic E-state index is 13.2. The summed E-state index contributed by atoms with van der Waals surface area (Å²) >= 11 is 0. The van der Waals surface area contributed by atoms with Crippen molar-refractivity contribution in [3.05, 3.63) is 77.6 Å². The highest BCUT2D eigenvalue weighted by molar-refractivity contribution is 5.93. The van der Waals surface area contributed by atoms with E-state index in [0.717, 1.165) is 11.1 Å². The molecule has 166 valence electrons. The van der Waals surface area contributed by atoms with Crippen LogP contribution >= 0.6 is 0 Å². The summed E-state index contributed by atoms with van der Waals surface area (Å²) < 4.78 is 1.59. The largest absolute Gasteiger partial charge is 0.341 e. The number of aromatic nitrogens is 2. The summed E-state index contributed by atoms with van der Waals surface area (Å²) in [5.41, 5.74) is 5.22. The fourth-order valence-corrected chi connectivity index (χ4v) is 4.38. The Labute approximate surface area is 189 Å². The normalized spacial score (nSPS) is 16.8. The molecule has 1 aliphatic heterocycles. The van der Waals surface area contributed by atoms with E-state index in [4.69, 9.17) is 0 Å². The maximum atomic E-state index is 13.2. The molecule has 2 heterocycles. The van der Waals surface area contributed by atoms with Gasteiger partial charge >= 0.3 is 0 Å². The van der Waals surface area contributed by atoms with E-state index in [1.54, 1.807) is 28.9 Å². The Bertz CT molecular complexity index is 1100. The molecule has 1 fully saturated rings. The standard InChI is InChI=1S/C26H30N4O2/c1-4-29-14-15-30(26(32)24-12-13-27-28(24)3)18-23(25(29)31)17-20-8-10-21(11-9-20)22-7-5-6-19(2)16-22/h5-13,16,23H,4,14-15,17-18H2,1-3H3/t23-/m0/s1. The average Bonchev–Trinajstić information content (AvgIpc) is 3.16. The zero-order valence-corrected chi connectivity index (χ0v) is 19.0. The highest BCUT2D eigenvalue weighted by atomic mass is 16.2. The molecular formula is C26H30N4O2. The highest BCUT2D eigenvalue weighted by Crippen LogP contribution is 2.23. The van der Waals surface area contributed by atoms with Crippen LogP contribution in [0.4, 0.5) is 0 Å². The van der Waals surface area contributed by atoms with Gasteiger partial charge < -0.3 is 9.80 Å². The third-order valence-electron chi connectivity index (χ3n) is 6.24. The first-order valence-electron chi connectivity index (χ1n) is 11.2. The van der Waals surface area contributed by atoms with Crippen molar-refractivity contribution >= 4 is 11.8 Å². The van der Waals surface area contributed by atoms with Crippen LogP contribution in [0.5, 0.6) is 0 Å². The Morgan fingerprint density at radius 2 is 1.84 bits per heavy atom. The van der Waals surface area contributed by atoms with E-state index in [9.17, 15) is 9.59 Å². The first-order valence-corrected chi connectivity index (χ1v) is 11.2. The zero-order valence-electron chi connectivity index (χ0n) is 19.0.